The molecule has 82 valence electrons. The quantitative estimate of drug-likeness (QED) is 0.771. The molecule has 0 saturated carbocycles. The monoisotopic (exact) mass is 249 g/mol. The van der Waals surface area contributed by atoms with E-state index >= 15 is 0 Å². The third kappa shape index (κ3) is 1.62. The first-order valence-corrected chi connectivity index (χ1v) is 6.84. The number of fused-ring (bicyclic) bond motifs is 1. The first-order chi connectivity index (χ1) is 7.84. The van der Waals surface area contributed by atoms with Crippen LogP contribution in [0.2, 0.25) is 0 Å². The van der Waals surface area contributed by atoms with Gasteiger partial charge in [-0.25, -0.2) is 4.98 Å². The van der Waals surface area contributed by atoms with Crippen LogP contribution in [0.3, 0.4) is 0 Å². The lowest BCUT2D eigenvalue weighted by atomic mass is 10.3. The molecule has 3 nitrogen and oxygen atoms in total. The molecule has 3 heterocycles. The van der Waals surface area contributed by atoms with Crippen molar-refractivity contribution in [1.82, 2.24) is 9.38 Å². The summed E-state index contributed by atoms with van der Waals surface area (Å²) in [4.78, 5) is 5.59. The molecular weight excluding hydrogens is 238 g/mol. The maximum Gasteiger partial charge on any atom is 0.194 e. The number of thiophene rings is 1. The summed E-state index contributed by atoms with van der Waals surface area (Å²) in [5, 5.41) is 9.66. The smallest absolute Gasteiger partial charge is 0.194 e. The van der Waals surface area contributed by atoms with E-state index in [1.807, 2.05) is 0 Å². The summed E-state index contributed by atoms with van der Waals surface area (Å²) in [7, 11) is 0. The van der Waals surface area contributed by atoms with Crippen LogP contribution in [0.15, 0.2) is 28.4 Å². The number of hydrogen-bond acceptors (Lipinski definition) is 4. The lowest BCUT2D eigenvalue weighted by Crippen LogP contribution is -2.02. The van der Waals surface area contributed by atoms with Gasteiger partial charge >= 0.3 is 0 Å². The van der Waals surface area contributed by atoms with Crippen LogP contribution in [0.25, 0.3) is 4.96 Å². The van der Waals surface area contributed by atoms with Gasteiger partial charge in [0.05, 0.1) is 17.9 Å². The third-order valence-electron chi connectivity index (χ3n) is 2.54. The summed E-state index contributed by atoms with van der Waals surface area (Å²) in [6.07, 6.45) is 2.07. The average molecular weight is 249 g/mol. The highest BCUT2D eigenvalue weighted by atomic mass is 32.1. The van der Waals surface area contributed by atoms with Crippen LogP contribution < -0.4 is 5.32 Å². The van der Waals surface area contributed by atoms with Gasteiger partial charge in [-0.1, -0.05) is 0 Å². The minimum absolute atomic E-state index is 0.820. The minimum atomic E-state index is 0.820. The van der Waals surface area contributed by atoms with Crippen molar-refractivity contribution in [3.05, 3.63) is 39.8 Å². The molecule has 0 atom stereocenters. The number of imidazole rings is 1. The van der Waals surface area contributed by atoms with E-state index in [1.165, 1.54) is 11.4 Å². The summed E-state index contributed by atoms with van der Waals surface area (Å²) in [6, 6.07) is 2.09. The lowest BCUT2D eigenvalue weighted by Gasteiger charge is -2.03. The van der Waals surface area contributed by atoms with Crippen LogP contribution in [0.4, 0.5) is 5.69 Å². The number of rotatable bonds is 3. The molecule has 0 spiro atoms. The van der Waals surface area contributed by atoms with Gasteiger partial charge in [0.25, 0.3) is 0 Å². The Morgan fingerprint density at radius 1 is 1.44 bits per heavy atom. The first-order valence-electron chi connectivity index (χ1n) is 5.01. The van der Waals surface area contributed by atoms with Crippen molar-refractivity contribution in [2.75, 3.05) is 5.32 Å². The zero-order chi connectivity index (χ0) is 11.0. The highest BCUT2D eigenvalue weighted by molar-refractivity contribution is 7.15. The molecule has 0 bridgehead atoms. The van der Waals surface area contributed by atoms with Gasteiger partial charge in [-0.3, -0.25) is 4.40 Å². The van der Waals surface area contributed by atoms with Gasteiger partial charge in [0.15, 0.2) is 4.96 Å². The fourth-order valence-electron chi connectivity index (χ4n) is 1.70. The molecule has 0 aromatic carbocycles. The summed E-state index contributed by atoms with van der Waals surface area (Å²) < 4.78 is 2.15. The van der Waals surface area contributed by atoms with Crippen LogP contribution in [-0.4, -0.2) is 9.38 Å². The zero-order valence-electron chi connectivity index (χ0n) is 8.80. The number of hydrogen-bond donors (Lipinski definition) is 1. The third-order valence-corrected chi connectivity index (χ3v) is 3.98. The fourth-order valence-corrected chi connectivity index (χ4v) is 3.10. The van der Waals surface area contributed by atoms with Gasteiger partial charge in [0.2, 0.25) is 0 Å². The largest absolute Gasteiger partial charge is 0.379 e. The van der Waals surface area contributed by atoms with Gasteiger partial charge in [0, 0.05) is 22.6 Å². The summed E-state index contributed by atoms with van der Waals surface area (Å²) >= 11 is 3.38. The van der Waals surface area contributed by atoms with E-state index in [0.29, 0.717) is 0 Å². The Kier molecular flexibility index (Phi) is 2.41. The molecule has 3 aromatic rings. The Labute approximate surface area is 101 Å². The highest BCUT2D eigenvalue weighted by Crippen LogP contribution is 2.19. The predicted octanol–water partition coefficient (Wildman–Crippen LogP) is 3.38. The zero-order valence-corrected chi connectivity index (χ0v) is 10.4. The highest BCUT2D eigenvalue weighted by Gasteiger charge is 2.08. The maximum absolute atomic E-state index is 4.52. The minimum Gasteiger partial charge on any atom is -0.379 e. The van der Waals surface area contributed by atoms with E-state index in [2.05, 4.69) is 50.0 Å². The average Bonchev–Trinajstić information content (AvgIpc) is 2.92. The molecule has 0 aliphatic carbocycles. The molecule has 5 heteroatoms. The van der Waals surface area contributed by atoms with Gasteiger partial charge in [0.1, 0.15) is 0 Å². The van der Waals surface area contributed by atoms with Crippen LogP contribution in [0, 0.1) is 6.92 Å². The van der Waals surface area contributed by atoms with Gasteiger partial charge < -0.3 is 5.32 Å². The summed E-state index contributed by atoms with van der Waals surface area (Å²) in [5.74, 6) is 0. The maximum atomic E-state index is 4.52. The van der Waals surface area contributed by atoms with E-state index in [-0.39, 0.29) is 0 Å². The van der Waals surface area contributed by atoms with E-state index in [1.54, 1.807) is 22.7 Å². The second-order valence-electron chi connectivity index (χ2n) is 3.57. The summed E-state index contributed by atoms with van der Waals surface area (Å²) in [6.45, 7) is 2.88. The van der Waals surface area contributed by atoms with Gasteiger partial charge in [-0.15, -0.1) is 11.3 Å². The summed E-state index contributed by atoms with van der Waals surface area (Å²) in [5.41, 5.74) is 3.52. The molecule has 0 radical (unpaired) electrons. The molecule has 0 saturated heterocycles. The number of nitrogens with one attached hydrogen (secondary N) is 1. The Hall–Kier alpha value is -1.33. The predicted molar refractivity (Wildman–Crippen MR) is 69.5 cm³/mol. The Morgan fingerprint density at radius 3 is 3.19 bits per heavy atom. The van der Waals surface area contributed by atoms with E-state index in [0.717, 1.165) is 17.2 Å². The van der Waals surface area contributed by atoms with Gasteiger partial charge in [-0.2, -0.15) is 11.3 Å². The second-order valence-corrected chi connectivity index (χ2v) is 5.22. The van der Waals surface area contributed by atoms with E-state index in [9.17, 15) is 0 Å². The Bertz CT molecular complexity index is 592. The number of aromatic nitrogens is 2. The van der Waals surface area contributed by atoms with Crippen molar-refractivity contribution in [2.24, 2.45) is 0 Å². The van der Waals surface area contributed by atoms with E-state index in [4.69, 9.17) is 0 Å². The van der Waals surface area contributed by atoms with Crippen molar-refractivity contribution in [1.29, 1.82) is 0 Å². The van der Waals surface area contributed by atoms with Crippen LogP contribution in [0.1, 0.15) is 11.4 Å². The number of thiazole rings is 1. The van der Waals surface area contributed by atoms with Crippen LogP contribution >= 0.6 is 22.7 Å². The molecule has 1 N–H and O–H groups in total. The van der Waals surface area contributed by atoms with Crippen LogP contribution in [-0.2, 0) is 6.54 Å². The first kappa shape index (κ1) is 9.86. The topological polar surface area (TPSA) is 29.3 Å². The van der Waals surface area contributed by atoms with Crippen molar-refractivity contribution in [3.63, 3.8) is 0 Å². The molecule has 3 rings (SSSR count). The number of nitrogens with zero attached hydrogens (tertiary/aromatic N) is 2. The van der Waals surface area contributed by atoms with Crippen molar-refractivity contribution < 1.29 is 0 Å². The molecule has 16 heavy (non-hydrogen) atoms. The molecule has 0 aliphatic rings. The number of anilines is 1. The fraction of sp³-hybridized carbons (Fsp3) is 0.182. The Morgan fingerprint density at radius 2 is 2.38 bits per heavy atom. The molecular formula is C11H11N3S2. The molecule has 3 aromatic heterocycles. The molecule has 0 unspecified atom stereocenters. The SMILES string of the molecule is Cc1nc2sccn2c1CNc1ccsc1. The standard InChI is InChI=1S/C11H11N3S2/c1-8-10(6-12-9-2-4-15-7-9)14-3-5-16-11(14)13-8/h2-5,7,12H,6H2,1H3. The van der Waals surface area contributed by atoms with Crippen LogP contribution in [0.5, 0.6) is 0 Å². The molecule has 0 aliphatic heterocycles. The molecule has 0 amide bonds. The molecule has 0 fully saturated rings. The van der Waals surface area contributed by atoms with Crippen molar-refractivity contribution in [3.8, 4) is 0 Å². The van der Waals surface area contributed by atoms with Crippen molar-refractivity contribution >= 4 is 33.3 Å². The normalized spacial score (nSPS) is 11.1. The Balaban J connectivity index is 1.88. The second kappa shape index (κ2) is 3.92. The number of aryl methyl sites for hydroxylation is 1. The van der Waals surface area contributed by atoms with E-state index < -0.39 is 0 Å². The lowest BCUT2D eigenvalue weighted by molar-refractivity contribution is 0.996. The van der Waals surface area contributed by atoms with Crippen molar-refractivity contribution in [2.45, 2.75) is 13.5 Å². The van der Waals surface area contributed by atoms with Gasteiger partial charge in [-0.05, 0) is 18.4 Å².